The number of nitrogen functional groups attached to an aromatic ring is 1. The molecule has 0 aliphatic rings. The Morgan fingerprint density at radius 2 is 2.32 bits per heavy atom. The van der Waals surface area contributed by atoms with Gasteiger partial charge < -0.3 is 15.8 Å². The first-order chi connectivity index (χ1) is 9.22. The van der Waals surface area contributed by atoms with E-state index in [9.17, 15) is 0 Å². The van der Waals surface area contributed by atoms with Gasteiger partial charge in [0.2, 0.25) is 5.88 Å². The smallest absolute Gasteiger partial charge is 0.242 e. The Morgan fingerprint density at radius 1 is 1.47 bits per heavy atom. The molecule has 0 aromatic carbocycles. The van der Waals surface area contributed by atoms with Crippen molar-refractivity contribution in [2.45, 2.75) is 26.3 Å². The number of nitrogens with zero attached hydrogens (tertiary/aromatic N) is 2. The lowest BCUT2D eigenvalue weighted by atomic mass is 10.2. The summed E-state index contributed by atoms with van der Waals surface area (Å²) in [5.74, 6) is 1.05. The van der Waals surface area contributed by atoms with Gasteiger partial charge in [-0.3, -0.25) is 0 Å². The molecule has 0 bridgehead atoms. The lowest BCUT2D eigenvalue weighted by Crippen LogP contribution is -2.11. The largest absolute Gasteiger partial charge is 0.476 e. The number of nitrogens with one attached hydrogen (secondary N) is 1. The first kappa shape index (κ1) is 13.6. The minimum atomic E-state index is 0.141. The standard InChI is InChI=1S/C13H18N4OS/c1-3-5-18-13-11(14)12(15-8-16-13)17-9(2)10-4-6-19-7-10/h4,6-9H,3,5,14H2,1-2H3,(H,15,16,17). The van der Waals surface area contributed by atoms with Crippen LogP contribution in [0.5, 0.6) is 5.88 Å². The van der Waals surface area contributed by atoms with E-state index in [2.05, 4.69) is 33.7 Å². The first-order valence-corrected chi connectivity index (χ1v) is 7.18. The fourth-order valence-electron chi connectivity index (χ4n) is 1.62. The Bertz CT molecular complexity index is 515. The van der Waals surface area contributed by atoms with Gasteiger partial charge in [0, 0.05) is 0 Å². The third-order valence-electron chi connectivity index (χ3n) is 2.69. The number of nitrogens with two attached hydrogens (primary N) is 1. The van der Waals surface area contributed by atoms with Crippen LogP contribution in [-0.4, -0.2) is 16.6 Å². The van der Waals surface area contributed by atoms with Crippen LogP contribution >= 0.6 is 11.3 Å². The van der Waals surface area contributed by atoms with E-state index in [1.54, 1.807) is 11.3 Å². The van der Waals surface area contributed by atoms with E-state index in [0.29, 0.717) is 24.0 Å². The topological polar surface area (TPSA) is 73.1 Å². The van der Waals surface area contributed by atoms with E-state index in [1.807, 2.05) is 12.3 Å². The van der Waals surface area contributed by atoms with E-state index >= 15 is 0 Å². The molecule has 1 unspecified atom stereocenters. The summed E-state index contributed by atoms with van der Waals surface area (Å²) >= 11 is 1.67. The SMILES string of the molecule is CCCOc1ncnc(NC(C)c2ccsc2)c1N. The highest BCUT2D eigenvalue weighted by Gasteiger charge is 2.12. The van der Waals surface area contributed by atoms with Crippen molar-refractivity contribution < 1.29 is 4.74 Å². The third-order valence-corrected chi connectivity index (χ3v) is 3.39. The second-order valence-electron chi connectivity index (χ2n) is 4.21. The molecular formula is C13H18N4OS. The van der Waals surface area contributed by atoms with Crippen LogP contribution in [0.1, 0.15) is 31.9 Å². The van der Waals surface area contributed by atoms with Crippen molar-refractivity contribution in [3.63, 3.8) is 0 Å². The monoisotopic (exact) mass is 278 g/mol. The minimum absolute atomic E-state index is 0.141. The van der Waals surface area contributed by atoms with Crippen LogP contribution in [0.2, 0.25) is 0 Å². The Labute approximate surface area is 116 Å². The van der Waals surface area contributed by atoms with Crippen LogP contribution in [0.15, 0.2) is 23.2 Å². The van der Waals surface area contributed by atoms with Crippen LogP contribution in [0.3, 0.4) is 0 Å². The van der Waals surface area contributed by atoms with Gasteiger partial charge in [-0.05, 0) is 35.7 Å². The molecule has 6 heteroatoms. The van der Waals surface area contributed by atoms with Crippen LogP contribution in [0, 0.1) is 0 Å². The zero-order valence-electron chi connectivity index (χ0n) is 11.1. The Kier molecular flexibility index (Phi) is 4.57. The summed E-state index contributed by atoms with van der Waals surface area (Å²) in [5, 5.41) is 7.43. The van der Waals surface area contributed by atoms with Crippen molar-refractivity contribution in [1.29, 1.82) is 0 Å². The van der Waals surface area contributed by atoms with E-state index in [0.717, 1.165) is 6.42 Å². The van der Waals surface area contributed by atoms with Crippen LogP contribution in [-0.2, 0) is 0 Å². The highest BCUT2D eigenvalue weighted by atomic mass is 32.1. The molecule has 102 valence electrons. The van der Waals surface area contributed by atoms with Gasteiger partial charge in [0.05, 0.1) is 12.6 Å². The molecule has 2 rings (SSSR count). The molecule has 0 saturated carbocycles. The predicted molar refractivity (Wildman–Crippen MR) is 78.6 cm³/mol. The normalized spacial score (nSPS) is 12.1. The molecule has 0 aliphatic heterocycles. The van der Waals surface area contributed by atoms with Crippen LogP contribution in [0.4, 0.5) is 11.5 Å². The quantitative estimate of drug-likeness (QED) is 0.849. The van der Waals surface area contributed by atoms with E-state index < -0.39 is 0 Å². The molecular weight excluding hydrogens is 260 g/mol. The van der Waals surface area contributed by atoms with Gasteiger partial charge in [0.1, 0.15) is 12.0 Å². The van der Waals surface area contributed by atoms with Crippen molar-refractivity contribution >= 4 is 22.8 Å². The highest BCUT2D eigenvalue weighted by Crippen LogP contribution is 2.28. The van der Waals surface area contributed by atoms with Crippen molar-refractivity contribution in [3.8, 4) is 5.88 Å². The van der Waals surface area contributed by atoms with Gasteiger partial charge >= 0.3 is 0 Å². The zero-order chi connectivity index (χ0) is 13.7. The fraction of sp³-hybridized carbons (Fsp3) is 0.385. The first-order valence-electron chi connectivity index (χ1n) is 6.24. The molecule has 2 aromatic heterocycles. The number of thiophene rings is 1. The Balaban J connectivity index is 2.12. The molecule has 2 heterocycles. The molecule has 1 atom stereocenters. The summed E-state index contributed by atoms with van der Waals surface area (Å²) in [4.78, 5) is 8.22. The maximum Gasteiger partial charge on any atom is 0.242 e. The van der Waals surface area contributed by atoms with Gasteiger partial charge in [-0.15, -0.1) is 0 Å². The summed E-state index contributed by atoms with van der Waals surface area (Å²) in [5.41, 5.74) is 7.68. The number of hydrogen-bond donors (Lipinski definition) is 2. The second-order valence-corrected chi connectivity index (χ2v) is 4.99. The van der Waals surface area contributed by atoms with E-state index in [4.69, 9.17) is 10.5 Å². The molecule has 0 saturated heterocycles. The van der Waals surface area contributed by atoms with Gasteiger partial charge in [-0.2, -0.15) is 16.3 Å². The molecule has 0 spiro atoms. The lowest BCUT2D eigenvalue weighted by molar-refractivity contribution is 0.306. The van der Waals surface area contributed by atoms with E-state index in [-0.39, 0.29) is 6.04 Å². The number of rotatable bonds is 6. The molecule has 19 heavy (non-hydrogen) atoms. The van der Waals surface area contributed by atoms with E-state index in [1.165, 1.54) is 11.9 Å². The van der Waals surface area contributed by atoms with Crippen LogP contribution < -0.4 is 15.8 Å². The van der Waals surface area contributed by atoms with Crippen molar-refractivity contribution in [2.24, 2.45) is 0 Å². The predicted octanol–water partition coefficient (Wildman–Crippen LogP) is 3.08. The molecule has 2 aromatic rings. The maximum atomic E-state index is 6.02. The molecule has 0 radical (unpaired) electrons. The lowest BCUT2D eigenvalue weighted by Gasteiger charge is -2.16. The summed E-state index contributed by atoms with van der Waals surface area (Å²) < 4.78 is 5.48. The minimum Gasteiger partial charge on any atom is -0.476 e. The molecule has 0 aliphatic carbocycles. The summed E-state index contributed by atoms with van der Waals surface area (Å²) in [6.45, 7) is 4.70. The Hall–Kier alpha value is -1.82. The molecule has 0 fully saturated rings. The fourth-order valence-corrected chi connectivity index (χ4v) is 2.37. The number of anilines is 2. The summed E-state index contributed by atoms with van der Waals surface area (Å²) in [6.07, 6.45) is 2.38. The van der Waals surface area contributed by atoms with Gasteiger partial charge in [0.25, 0.3) is 0 Å². The second kappa shape index (κ2) is 6.38. The number of hydrogen-bond acceptors (Lipinski definition) is 6. The van der Waals surface area contributed by atoms with Crippen molar-refractivity contribution in [3.05, 3.63) is 28.7 Å². The van der Waals surface area contributed by atoms with Gasteiger partial charge in [-0.1, -0.05) is 6.92 Å². The molecule has 0 amide bonds. The van der Waals surface area contributed by atoms with Crippen LogP contribution in [0.25, 0.3) is 0 Å². The van der Waals surface area contributed by atoms with Crippen molar-refractivity contribution in [2.75, 3.05) is 17.7 Å². The number of aromatic nitrogens is 2. The average Bonchev–Trinajstić information content (AvgIpc) is 2.94. The number of ether oxygens (including phenoxy) is 1. The van der Waals surface area contributed by atoms with Gasteiger partial charge in [-0.25, -0.2) is 4.98 Å². The molecule has 3 N–H and O–H groups in total. The average molecular weight is 278 g/mol. The third kappa shape index (κ3) is 3.35. The zero-order valence-corrected chi connectivity index (χ0v) is 11.9. The van der Waals surface area contributed by atoms with Gasteiger partial charge in [0.15, 0.2) is 5.82 Å². The summed E-state index contributed by atoms with van der Waals surface area (Å²) in [7, 11) is 0. The summed E-state index contributed by atoms with van der Waals surface area (Å²) in [6, 6.07) is 2.22. The highest BCUT2D eigenvalue weighted by molar-refractivity contribution is 7.07. The molecule has 5 nitrogen and oxygen atoms in total. The maximum absolute atomic E-state index is 6.02. The van der Waals surface area contributed by atoms with Crippen molar-refractivity contribution in [1.82, 2.24) is 9.97 Å². The Morgan fingerprint density at radius 3 is 3.00 bits per heavy atom.